The highest BCUT2D eigenvalue weighted by Crippen LogP contribution is 2.54. The molecule has 5 nitrogen and oxygen atoms in total. The van der Waals surface area contributed by atoms with Gasteiger partial charge in [0.1, 0.15) is 10.0 Å². The van der Waals surface area contributed by atoms with Crippen LogP contribution in [0.5, 0.6) is 0 Å². The Morgan fingerprint density at radius 1 is 0.529 bits per heavy atom. The predicted octanol–water partition coefficient (Wildman–Crippen LogP) is 19.2. The summed E-state index contributed by atoms with van der Waals surface area (Å²) in [7, 11) is 0. The second-order valence-electron chi connectivity index (χ2n) is 20.7. The summed E-state index contributed by atoms with van der Waals surface area (Å²) in [6.07, 6.45) is 13.5. The number of aryl methyl sites for hydroxylation is 3. The van der Waals surface area contributed by atoms with Gasteiger partial charge in [-0.25, -0.2) is 9.97 Å². The van der Waals surface area contributed by atoms with E-state index in [4.69, 9.17) is 9.97 Å². The summed E-state index contributed by atoms with van der Waals surface area (Å²) in [6, 6.07) is 18.2. The van der Waals surface area contributed by atoms with Crippen molar-refractivity contribution in [3.05, 3.63) is 79.2 Å². The van der Waals surface area contributed by atoms with Crippen LogP contribution in [0.2, 0.25) is 0 Å². The fraction of sp³-hybridized carbons (Fsp3) is 0.464. The van der Waals surface area contributed by atoms with Crippen LogP contribution in [-0.2, 0) is 18.3 Å². The van der Waals surface area contributed by atoms with E-state index in [1.807, 2.05) is 52.3 Å². The molecule has 12 heteroatoms. The Hall–Kier alpha value is -3.36. The molecule has 0 aliphatic carbocycles. The van der Waals surface area contributed by atoms with Gasteiger partial charge in [0.15, 0.2) is 0 Å². The molecule has 8 heterocycles. The molecule has 2 atom stereocenters. The molecule has 0 saturated carbocycles. The third kappa shape index (κ3) is 10.4. The normalized spacial score (nSPS) is 14.1. The summed E-state index contributed by atoms with van der Waals surface area (Å²) in [4.78, 5) is 49.1. The van der Waals surface area contributed by atoms with Gasteiger partial charge < -0.3 is 0 Å². The van der Waals surface area contributed by atoms with Gasteiger partial charge in [-0.3, -0.25) is 14.9 Å². The van der Waals surface area contributed by atoms with Crippen molar-refractivity contribution in [1.29, 1.82) is 0 Å². The highest BCUT2D eigenvalue weighted by atomic mass is 32.1. The first kappa shape index (κ1) is 49.6. The summed E-state index contributed by atoms with van der Waals surface area (Å²) >= 11 is 12.5. The van der Waals surface area contributed by atoms with Gasteiger partial charge in [-0.15, -0.1) is 79.4 Å². The summed E-state index contributed by atoms with van der Waals surface area (Å²) in [5.41, 5.74) is 5.42. The number of hydrogen-bond acceptors (Lipinski definition) is 11. The highest BCUT2D eigenvalue weighted by Gasteiger charge is 2.35. The first-order chi connectivity index (χ1) is 32.6. The zero-order valence-corrected chi connectivity index (χ0v) is 47.0. The lowest BCUT2D eigenvalue weighted by Crippen LogP contribution is -2.20. The van der Waals surface area contributed by atoms with Crippen molar-refractivity contribution in [3.8, 4) is 50.4 Å². The van der Waals surface area contributed by atoms with Crippen molar-refractivity contribution in [3.63, 3.8) is 0 Å². The van der Waals surface area contributed by atoms with E-state index in [1.54, 1.807) is 22.7 Å². The van der Waals surface area contributed by atoms with Crippen molar-refractivity contribution in [2.45, 2.75) is 145 Å². The summed E-state index contributed by atoms with van der Waals surface area (Å²) < 4.78 is 2.31. The maximum Gasteiger partial charge on any atom is 0.260 e. The van der Waals surface area contributed by atoms with E-state index in [0.717, 1.165) is 81.9 Å². The molecule has 1 N–H and O–H groups in total. The molecule has 0 spiro atoms. The first-order valence-corrected chi connectivity index (χ1v) is 30.4. The van der Waals surface area contributed by atoms with Crippen molar-refractivity contribution >= 4 is 112 Å². The monoisotopic (exact) mass is 1040 g/mol. The maximum atomic E-state index is 13.2. The lowest BCUT2D eigenvalue weighted by atomic mass is 9.89. The zero-order valence-electron chi connectivity index (χ0n) is 41.3. The molecule has 2 unspecified atom stereocenters. The lowest BCUT2D eigenvalue weighted by Gasteiger charge is -2.20. The SMILES string of the molecule is CCC(C)(C)c1ccc(-c2c3nc(-c4ccc(CCC(C)CCCC(C)C)s4)sc3c(-c3ccc(-c4sc(C)c5c4C(=O)NC5=O)s3)c3nc(-c4ccc(CCC(C)CCCC(C)C)s4)sc23)s1. The van der Waals surface area contributed by atoms with Crippen LogP contribution in [-0.4, -0.2) is 21.8 Å². The minimum Gasteiger partial charge on any atom is -0.288 e. The number of aromatic nitrogens is 2. The van der Waals surface area contributed by atoms with Gasteiger partial charge in [-0.2, -0.15) is 0 Å². The zero-order chi connectivity index (χ0) is 48.0. The molecular weight excluding hydrogens is 971 g/mol. The maximum absolute atomic E-state index is 13.2. The Morgan fingerprint density at radius 2 is 1.01 bits per heavy atom. The number of amides is 2. The highest BCUT2D eigenvalue weighted by molar-refractivity contribution is 7.29. The van der Waals surface area contributed by atoms with E-state index >= 15 is 0 Å². The predicted molar refractivity (Wildman–Crippen MR) is 302 cm³/mol. The van der Waals surface area contributed by atoms with Gasteiger partial charge in [-0.1, -0.05) is 101 Å². The molecule has 1 aromatic carbocycles. The Bertz CT molecular complexity index is 2970. The van der Waals surface area contributed by atoms with E-state index in [1.165, 1.54) is 102 Å². The summed E-state index contributed by atoms with van der Waals surface area (Å²) in [5.74, 6) is 2.35. The van der Waals surface area contributed by atoms with Gasteiger partial charge >= 0.3 is 0 Å². The van der Waals surface area contributed by atoms with Crippen LogP contribution >= 0.6 is 79.4 Å². The number of benzene rings is 1. The number of nitrogens with zero attached hydrogens (tertiary/aromatic N) is 2. The van der Waals surface area contributed by atoms with Crippen molar-refractivity contribution < 1.29 is 9.59 Å². The second-order valence-corrected chi connectivity index (χ2v) is 28.4. The number of thiophene rings is 5. The third-order valence-corrected chi connectivity index (χ3v) is 22.5. The molecule has 8 aromatic rings. The topological polar surface area (TPSA) is 72.0 Å². The Balaban J connectivity index is 1.17. The average Bonchev–Trinajstić information content (AvgIpc) is 4.14. The number of fused-ring (bicyclic) bond motifs is 3. The van der Waals surface area contributed by atoms with Crippen molar-refractivity contribution in [2.75, 3.05) is 0 Å². The van der Waals surface area contributed by atoms with Crippen LogP contribution in [0, 0.1) is 30.6 Å². The fourth-order valence-corrected chi connectivity index (χ4v) is 17.4. The molecular formula is C56H65N3O2S7. The number of thiazole rings is 2. The van der Waals surface area contributed by atoms with E-state index < -0.39 is 0 Å². The Kier molecular flexibility index (Phi) is 15.2. The molecule has 2 amide bonds. The number of nitrogens with one attached hydrogen (secondary N) is 1. The quantitative estimate of drug-likeness (QED) is 0.0728. The van der Waals surface area contributed by atoms with Crippen LogP contribution in [0.4, 0.5) is 0 Å². The molecule has 9 rings (SSSR count). The van der Waals surface area contributed by atoms with Crippen molar-refractivity contribution in [1.82, 2.24) is 15.3 Å². The van der Waals surface area contributed by atoms with E-state index in [2.05, 4.69) is 116 Å². The first-order valence-electron chi connectivity index (χ1n) is 24.7. The third-order valence-electron chi connectivity index (χ3n) is 13.9. The molecule has 0 radical (unpaired) electrons. The van der Waals surface area contributed by atoms with Crippen LogP contribution < -0.4 is 5.32 Å². The minimum absolute atomic E-state index is 0.0565. The van der Waals surface area contributed by atoms with E-state index in [0.29, 0.717) is 23.0 Å². The lowest BCUT2D eigenvalue weighted by molar-refractivity contribution is 0.0879. The smallest absolute Gasteiger partial charge is 0.260 e. The van der Waals surface area contributed by atoms with Crippen LogP contribution in [0.3, 0.4) is 0 Å². The number of carbonyl (C=O) groups is 2. The molecule has 1 aliphatic heterocycles. The second kappa shape index (κ2) is 20.8. The molecule has 0 fully saturated rings. The average molecular weight is 1040 g/mol. The molecule has 358 valence electrons. The fourth-order valence-electron chi connectivity index (χ4n) is 9.31. The summed E-state index contributed by atoms with van der Waals surface area (Å²) in [5, 5.41) is 4.64. The van der Waals surface area contributed by atoms with Crippen LogP contribution in [0.1, 0.15) is 160 Å². The van der Waals surface area contributed by atoms with Crippen molar-refractivity contribution in [2.24, 2.45) is 23.7 Å². The molecule has 0 bridgehead atoms. The van der Waals surface area contributed by atoms with Gasteiger partial charge in [-0.05, 0) is 117 Å². The molecule has 0 saturated heterocycles. The van der Waals surface area contributed by atoms with Crippen LogP contribution in [0.25, 0.3) is 70.8 Å². The Labute approximate surface area is 431 Å². The number of hydrogen-bond donors (Lipinski definition) is 1. The van der Waals surface area contributed by atoms with Gasteiger partial charge in [0.25, 0.3) is 11.8 Å². The van der Waals surface area contributed by atoms with Gasteiger partial charge in [0, 0.05) is 45.3 Å². The Morgan fingerprint density at radius 3 is 1.54 bits per heavy atom. The van der Waals surface area contributed by atoms with Gasteiger partial charge in [0.05, 0.1) is 46.2 Å². The number of carbonyl (C=O) groups excluding carboxylic acids is 2. The van der Waals surface area contributed by atoms with E-state index in [-0.39, 0.29) is 17.2 Å². The minimum atomic E-state index is -0.307. The number of rotatable bonds is 21. The summed E-state index contributed by atoms with van der Waals surface area (Å²) in [6.45, 7) is 23.1. The van der Waals surface area contributed by atoms with E-state index in [9.17, 15) is 9.59 Å². The molecule has 7 aromatic heterocycles. The number of imide groups is 1. The molecule has 68 heavy (non-hydrogen) atoms. The van der Waals surface area contributed by atoms with Crippen LogP contribution in [0.15, 0.2) is 48.5 Å². The molecule has 1 aliphatic rings. The largest absolute Gasteiger partial charge is 0.288 e. The van der Waals surface area contributed by atoms with Gasteiger partial charge in [0.2, 0.25) is 0 Å². The standard InChI is InChI=1S/C56H65N3O2S7/c1-11-56(9,10)42-29-28-38(66-42)45-48-50(67-55(58-48)41-25-23-36(64-41)21-19-33(7)17-13-15-31(4)5)44(37-26-27-39(65-37)49-46-43(34(8)62-49)52(60)59-53(46)61)47-51(45)68-54(57-47)40-24-22-35(63-40)20-18-32(6)16-12-14-30(2)3/h22-33H,11-21H2,1-10H3,(H,59,60,61).